The van der Waals surface area contributed by atoms with Gasteiger partial charge in [0.2, 0.25) is 5.82 Å². The number of nitrogens with zero attached hydrogens (tertiary/aromatic N) is 3. The Morgan fingerprint density at radius 3 is 2.76 bits per heavy atom. The Bertz CT molecular complexity index is 540. The highest BCUT2D eigenvalue weighted by molar-refractivity contribution is 7.85. The van der Waals surface area contributed by atoms with E-state index < -0.39 is 15.7 Å². The quantitative estimate of drug-likeness (QED) is 0.650. The van der Waals surface area contributed by atoms with Crippen molar-refractivity contribution < 1.29 is 9.13 Å². The summed E-state index contributed by atoms with van der Waals surface area (Å²) < 4.78 is 11.4. The summed E-state index contributed by atoms with van der Waals surface area (Å²) in [5.74, 6) is 1.66. The fraction of sp³-hybridized carbons (Fsp3) is 0.615. The molecule has 2 heterocycles. The van der Waals surface area contributed by atoms with Crippen LogP contribution < -0.4 is 5.32 Å². The van der Waals surface area contributed by atoms with Gasteiger partial charge in [0.05, 0.1) is 4.92 Å². The first kappa shape index (κ1) is 15.8. The molecule has 0 amide bonds. The zero-order valence-electron chi connectivity index (χ0n) is 12.2. The van der Waals surface area contributed by atoms with Crippen molar-refractivity contribution in [2.75, 3.05) is 36.5 Å². The van der Waals surface area contributed by atoms with Crippen molar-refractivity contribution in [1.29, 1.82) is 0 Å². The molecule has 0 saturated carbocycles. The molecule has 0 spiro atoms. The van der Waals surface area contributed by atoms with Gasteiger partial charge in [-0.2, -0.15) is 0 Å². The maximum absolute atomic E-state index is 11.4. The molecule has 116 valence electrons. The summed E-state index contributed by atoms with van der Waals surface area (Å²) in [5.41, 5.74) is -0.205. The minimum Gasteiger partial charge on any atom is -0.363 e. The van der Waals surface area contributed by atoms with Crippen LogP contribution >= 0.6 is 0 Å². The zero-order chi connectivity index (χ0) is 15.5. The van der Waals surface area contributed by atoms with Crippen molar-refractivity contribution in [3.63, 3.8) is 0 Å². The molecule has 0 unspecified atom stereocenters. The lowest BCUT2D eigenvalue weighted by molar-refractivity contribution is -0.384. The van der Waals surface area contributed by atoms with Gasteiger partial charge >= 0.3 is 5.69 Å². The van der Waals surface area contributed by atoms with Gasteiger partial charge in [-0.1, -0.05) is 0 Å². The van der Waals surface area contributed by atoms with E-state index in [1.807, 2.05) is 0 Å². The normalized spacial score (nSPS) is 17.6. The lowest BCUT2D eigenvalue weighted by Gasteiger charge is -2.40. The highest BCUT2D eigenvalue weighted by Gasteiger charge is 2.30. The minimum absolute atomic E-state index is 0.0203. The first-order valence-electron chi connectivity index (χ1n) is 6.83. The Morgan fingerprint density at radius 2 is 2.14 bits per heavy atom. The molecular weight excluding hydrogens is 292 g/mol. The monoisotopic (exact) mass is 312 g/mol. The van der Waals surface area contributed by atoms with E-state index in [9.17, 15) is 14.3 Å². The van der Waals surface area contributed by atoms with Crippen molar-refractivity contribution in [2.24, 2.45) is 0 Å². The van der Waals surface area contributed by atoms with Crippen LogP contribution in [0.4, 0.5) is 11.5 Å². The second-order valence-electron chi connectivity index (χ2n) is 5.63. The Kier molecular flexibility index (Phi) is 4.89. The molecule has 7 nitrogen and oxygen atoms in total. The summed E-state index contributed by atoms with van der Waals surface area (Å²) in [7, 11) is -0.709. The van der Waals surface area contributed by atoms with E-state index in [1.54, 1.807) is 6.07 Å². The van der Waals surface area contributed by atoms with Crippen molar-refractivity contribution in [2.45, 2.75) is 19.4 Å². The maximum atomic E-state index is 11.4. The van der Waals surface area contributed by atoms with Crippen LogP contribution in [-0.2, 0) is 10.8 Å². The summed E-state index contributed by atoms with van der Waals surface area (Å²) in [6.07, 6.45) is 1.53. The summed E-state index contributed by atoms with van der Waals surface area (Å²) in [5, 5.41) is 14.0. The van der Waals surface area contributed by atoms with Crippen molar-refractivity contribution in [3.05, 3.63) is 28.4 Å². The van der Waals surface area contributed by atoms with Crippen molar-refractivity contribution >= 4 is 22.3 Å². The van der Waals surface area contributed by atoms with Crippen molar-refractivity contribution in [3.8, 4) is 0 Å². The van der Waals surface area contributed by atoms with E-state index in [0.29, 0.717) is 18.1 Å². The minimum atomic E-state index is -0.709. The molecule has 1 aromatic heterocycles. The maximum Gasteiger partial charge on any atom is 0.311 e. The second-order valence-corrected chi connectivity index (χ2v) is 7.33. The van der Waals surface area contributed by atoms with Gasteiger partial charge < -0.3 is 5.32 Å². The lowest BCUT2D eigenvalue weighted by Crippen LogP contribution is -2.53. The summed E-state index contributed by atoms with van der Waals surface area (Å²) in [6, 6.07) is 2.99. The molecule has 0 bridgehead atoms. The van der Waals surface area contributed by atoms with E-state index in [1.165, 1.54) is 12.3 Å². The molecule has 1 saturated heterocycles. The van der Waals surface area contributed by atoms with Crippen LogP contribution in [0.15, 0.2) is 18.3 Å². The van der Waals surface area contributed by atoms with Crippen LogP contribution in [0.5, 0.6) is 0 Å². The fourth-order valence-electron chi connectivity index (χ4n) is 2.34. The number of nitro groups is 1. The zero-order valence-corrected chi connectivity index (χ0v) is 13.1. The Balaban J connectivity index is 2.01. The Morgan fingerprint density at radius 1 is 1.48 bits per heavy atom. The number of hydrogen-bond donors (Lipinski definition) is 1. The molecule has 1 aliphatic rings. The predicted molar refractivity (Wildman–Crippen MR) is 82.9 cm³/mol. The average Bonchev–Trinajstić information content (AvgIpc) is 2.46. The average molecular weight is 312 g/mol. The van der Waals surface area contributed by atoms with Gasteiger partial charge in [-0.15, -0.1) is 0 Å². The largest absolute Gasteiger partial charge is 0.363 e. The van der Waals surface area contributed by atoms with Crippen LogP contribution in [0.2, 0.25) is 0 Å². The van der Waals surface area contributed by atoms with Gasteiger partial charge in [-0.3, -0.25) is 19.2 Å². The van der Waals surface area contributed by atoms with E-state index in [2.05, 4.69) is 29.0 Å². The lowest BCUT2D eigenvalue weighted by atomic mass is 10.0. The summed E-state index contributed by atoms with van der Waals surface area (Å²) >= 11 is 0. The van der Waals surface area contributed by atoms with Crippen LogP contribution in [0, 0.1) is 10.1 Å². The van der Waals surface area contributed by atoms with Crippen LogP contribution in [0.3, 0.4) is 0 Å². The molecular formula is C13H20N4O3S. The van der Waals surface area contributed by atoms with E-state index in [0.717, 1.165) is 13.1 Å². The Hall–Kier alpha value is -1.54. The number of anilines is 1. The molecule has 0 aliphatic carbocycles. The molecule has 2 rings (SSSR count). The second kappa shape index (κ2) is 6.48. The summed E-state index contributed by atoms with van der Waals surface area (Å²) in [4.78, 5) is 16.8. The van der Waals surface area contributed by atoms with Gasteiger partial charge in [0, 0.05) is 59.7 Å². The first-order chi connectivity index (χ1) is 9.90. The fourth-order valence-corrected chi connectivity index (χ4v) is 3.39. The molecule has 1 aromatic rings. The number of aromatic nitrogens is 1. The van der Waals surface area contributed by atoms with Gasteiger partial charge in [-0.05, 0) is 19.9 Å². The third-order valence-electron chi connectivity index (χ3n) is 3.71. The van der Waals surface area contributed by atoms with E-state index in [4.69, 9.17) is 0 Å². The molecule has 1 N–H and O–H groups in total. The number of pyridine rings is 1. The molecule has 21 heavy (non-hydrogen) atoms. The van der Waals surface area contributed by atoms with E-state index >= 15 is 0 Å². The van der Waals surface area contributed by atoms with Crippen LogP contribution in [0.25, 0.3) is 0 Å². The van der Waals surface area contributed by atoms with Gasteiger partial charge in [-0.25, -0.2) is 4.98 Å². The predicted octanol–water partition coefficient (Wildman–Crippen LogP) is 1.24. The van der Waals surface area contributed by atoms with Crippen LogP contribution in [0.1, 0.15) is 13.8 Å². The third-order valence-corrected chi connectivity index (χ3v) is 4.98. The first-order valence-corrected chi connectivity index (χ1v) is 8.32. The molecule has 0 aromatic carbocycles. The SMILES string of the molecule is CC(C)(CNc1ncccc1[N+](=O)[O-])N1CCS(=O)CC1. The van der Waals surface area contributed by atoms with Crippen molar-refractivity contribution in [1.82, 2.24) is 9.88 Å². The number of nitrogens with one attached hydrogen (secondary N) is 1. The molecule has 0 radical (unpaired) electrons. The Labute approximate surface area is 126 Å². The smallest absolute Gasteiger partial charge is 0.311 e. The summed E-state index contributed by atoms with van der Waals surface area (Å²) in [6.45, 7) is 6.25. The number of hydrogen-bond acceptors (Lipinski definition) is 6. The molecule has 1 aliphatic heterocycles. The molecule has 1 fully saturated rings. The highest BCUT2D eigenvalue weighted by Crippen LogP contribution is 2.23. The molecule has 0 atom stereocenters. The third kappa shape index (κ3) is 3.98. The molecule has 8 heteroatoms. The van der Waals surface area contributed by atoms with Gasteiger partial charge in [0.15, 0.2) is 0 Å². The standard InChI is InChI=1S/C13H20N4O3S/c1-13(2,16-6-8-21(20)9-7-16)10-15-12-11(17(18)19)4-3-5-14-12/h3-5H,6-10H2,1-2H3,(H,14,15). The van der Waals surface area contributed by atoms with Gasteiger partial charge in [0.25, 0.3) is 0 Å². The number of rotatable bonds is 5. The van der Waals surface area contributed by atoms with Crippen LogP contribution in [-0.4, -0.2) is 55.7 Å². The van der Waals surface area contributed by atoms with E-state index in [-0.39, 0.29) is 17.0 Å². The highest BCUT2D eigenvalue weighted by atomic mass is 32.2. The topological polar surface area (TPSA) is 88.4 Å². The van der Waals surface area contributed by atoms with Gasteiger partial charge in [0.1, 0.15) is 0 Å².